The van der Waals surface area contributed by atoms with Gasteiger partial charge in [-0.2, -0.15) is 0 Å². The maximum absolute atomic E-state index is 11.9. The Morgan fingerprint density at radius 1 is 1.27 bits per heavy atom. The number of carbonyl (C=O) groups is 1. The minimum absolute atomic E-state index is 0.328. The predicted molar refractivity (Wildman–Crippen MR) is 62.8 cm³/mol. The molecule has 2 nitrogen and oxygen atoms in total. The SMILES string of the molecule is O=C(NCC1(CBr)CC1)C1CC2CC2C1. The first-order valence-corrected chi connectivity index (χ1v) is 7.18. The van der Waals surface area contributed by atoms with Gasteiger partial charge in [-0.05, 0) is 49.4 Å². The zero-order valence-corrected chi connectivity index (χ0v) is 10.6. The van der Waals surface area contributed by atoms with Crippen LogP contribution in [0, 0.1) is 23.2 Å². The molecule has 1 amide bonds. The van der Waals surface area contributed by atoms with E-state index in [1.807, 2.05) is 0 Å². The smallest absolute Gasteiger partial charge is 0.223 e. The highest BCUT2D eigenvalue weighted by atomic mass is 79.9. The molecule has 15 heavy (non-hydrogen) atoms. The van der Waals surface area contributed by atoms with Crippen LogP contribution in [-0.2, 0) is 4.79 Å². The maximum atomic E-state index is 11.9. The van der Waals surface area contributed by atoms with Gasteiger partial charge in [-0.25, -0.2) is 0 Å². The summed E-state index contributed by atoms with van der Waals surface area (Å²) in [5.41, 5.74) is 0.414. The Kier molecular flexibility index (Phi) is 2.35. The van der Waals surface area contributed by atoms with Crippen molar-refractivity contribution in [1.82, 2.24) is 5.32 Å². The maximum Gasteiger partial charge on any atom is 0.223 e. The molecule has 0 aromatic carbocycles. The summed E-state index contributed by atoms with van der Waals surface area (Å²) in [6, 6.07) is 0. The molecule has 0 bridgehead atoms. The van der Waals surface area contributed by atoms with Crippen LogP contribution in [0.5, 0.6) is 0 Å². The van der Waals surface area contributed by atoms with E-state index in [0.29, 0.717) is 17.2 Å². The quantitative estimate of drug-likeness (QED) is 0.782. The number of nitrogens with one attached hydrogen (secondary N) is 1. The van der Waals surface area contributed by atoms with Crippen molar-refractivity contribution in [3.63, 3.8) is 0 Å². The lowest BCUT2D eigenvalue weighted by Crippen LogP contribution is -2.35. The fraction of sp³-hybridized carbons (Fsp3) is 0.917. The molecule has 0 heterocycles. The molecular weight excluding hydrogens is 254 g/mol. The Bertz CT molecular complexity index is 277. The lowest BCUT2D eigenvalue weighted by Gasteiger charge is -2.16. The Morgan fingerprint density at radius 2 is 1.93 bits per heavy atom. The summed E-state index contributed by atoms with van der Waals surface area (Å²) in [7, 11) is 0. The fourth-order valence-corrected chi connectivity index (χ4v) is 3.64. The van der Waals surface area contributed by atoms with Crippen LogP contribution in [0.25, 0.3) is 0 Å². The van der Waals surface area contributed by atoms with Crippen molar-refractivity contribution < 1.29 is 4.79 Å². The number of carbonyl (C=O) groups excluding carboxylic acids is 1. The Morgan fingerprint density at radius 3 is 2.47 bits per heavy atom. The second-order valence-electron chi connectivity index (χ2n) is 5.78. The largest absolute Gasteiger partial charge is 0.355 e. The van der Waals surface area contributed by atoms with Crippen molar-refractivity contribution in [2.75, 3.05) is 11.9 Å². The van der Waals surface area contributed by atoms with Crippen molar-refractivity contribution in [3.8, 4) is 0 Å². The lowest BCUT2D eigenvalue weighted by atomic mass is 10.0. The highest BCUT2D eigenvalue weighted by Gasteiger charge is 2.48. The molecule has 3 heteroatoms. The van der Waals surface area contributed by atoms with E-state index in [0.717, 1.165) is 36.6 Å². The highest BCUT2D eigenvalue weighted by molar-refractivity contribution is 9.09. The average Bonchev–Trinajstić information content (AvgIpc) is 3.16. The van der Waals surface area contributed by atoms with Gasteiger partial charge in [0, 0.05) is 17.8 Å². The predicted octanol–water partition coefficient (Wildman–Crippen LogP) is 2.32. The van der Waals surface area contributed by atoms with Crippen LogP contribution in [0.1, 0.15) is 32.1 Å². The summed E-state index contributed by atoms with van der Waals surface area (Å²) < 4.78 is 0. The van der Waals surface area contributed by atoms with Gasteiger partial charge in [-0.3, -0.25) is 4.79 Å². The molecule has 0 aromatic rings. The van der Waals surface area contributed by atoms with E-state index in [2.05, 4.69) is 21.2 Å². The zero-order chi connectivity index (χ0) is 10.5. The third-order valence-corrected chi connectivity index (χ3v) is 5.68. The first kappa shape index (κ1) is 10.1. The van der Waals surface area contributed by atoms with Crippen LogP contribution in [0.15, 0.2) is 0 Å². The molecule has 84 valence electrons. The Balaban J connectivity index is 1.45. The number of amides is 1. The van der Waals surface area contributed by atoms with Gasteiger partial charge in [0.2, 0.25) is 5.91 Å². The number of hydrogen-bond acceptors (Lipinski definition) is 1. The summed E-state index contributed by atoms with van der Waals surface area (Å²) in [5, 5.41) is 4.19. The van der Waals surface area contributed by atoms with Crippen LogP contribution in [-0.4, -0.2) is 17.8 Å². The van der Waals surface area contributed by atoms with Crippen LogP contribution < -0.4 is 5.32 Å². The number of fused-ring (bicyclic) bond motifs is 1. The summed E-state index contributed by atoms with van der Waals surface area (Å²) in [5.74, 6) is 2.49. The van der Waals surface area contributed by atoms with E-state index < -0.39 is 0 Å². The van der Waals surface area contributed by atoms with Crippen LogP contribution in [0.3, 0.4) is 0 Å². The van der Waals surface area contributed by atoms with Gasteiger partial charge in [0.1, 0.15) is 0 Å². The van der Waals surface area contributed by atoms with E-state index in [4.69, 9.17) is 0 Å². The minimum atomic E-state index is 0.328. The van der Waals surface area contributed by atoms with Gasteiger partial charge in [-0.15, -0.1) is 0 Å². The van der Waals surface area contributed by atoms with Crippen molar-refractivity contribution >= 4 is 21.8 Å². The van der Waals surface area contributed by atoms with Gasteiger partial charge in [0.25, 0.3) is 0 Å². The average molecular weight is 272 g/mol. The molecule has 3 aliphatic carbocycles. The molecule has 3 fully saturated rings. The molecular formula is C12H18BrNO. The minimum Gasteiger partial charge on any atom is -0.355 e. The number of hydrogen-bond donors (Lipinski definition) is 1. The second kappa shape index (κ2) is 3.47. The molecule has 3 rings (SSSR count). The molecule has 1 N–H and O–H groups in total. The molecule has 0 aromatic heterocycles. The van der Waals surface area contributed by atoms with Gasteiger partial charge >= 0.3 is 0 Å². The molecule has 0 spiro atoms. The molecule has 3 aliphatic rings. The van der Waals surface area contributed by atoms with Gasteiger partial charge in [0.15, 0.2) is 0 Å². The summed E-state index contributed by atoms with van der Waals surface area (Å²) in [6.07, 6.45) is 6.27. The molecule has 2 unspecified atom stereocenters. The number of halogens is 1. The van der Waals surface area contributed by atoms with Crippen LogP contribution in [0.4, 0.5) is 0 Å². The topological polar surface area (TPSA) is 29.1 Å². The molecule has 0 saturated heterocycles. The van der Waals surface area contributed by atoms with E-state index in [1.165, 1.54) is 19.3 Å². The normalized spacial score (nSPS) is 39.7. The Labute approximate surface area is 99.3 Å². The standard InChI is InChI=1S/C12H18BrNO/c13-6-12(1-2-12)7-14-11(15)10-4-8-3-9(8)5-10/h8-10H,1-7H2,(H,14,15). The first-order valence-electron chi connectivity index (χ1n) is 6.06. The molecule has 0 aliphatic heterocycles. The summed E-state index contributed by atoms with van der Waals surface area (Å²) in [4.78, 5) is 11.9. The number of rotatable bonds is 4. The van der Waals surface area contributed by atoms with E-state index in [-0.39, 0.29) is 0 Å². The van der Waals surface area contributed by atoms with E-state index in [1.54, 1.807) is 0 Å². The molecule has 3 saturated carbocycles. The van der Waals surface area contributed by atoms with Gasteiger partial charge in [0.05, 0.1) is 0 Å². The zero-order valence-electron chi connectivity index (χ0n) is 8.97. The van der Waals surface area contributed by atoms with E-state index in [9.17, 15) is 4.79 Å². The fourth-order valence-electron chi connectivity index (χ4n) is 2.88. The highest BCUT2D eigenvalue weighted by Crippen LogP contribution is 2.54. The van der Waals surface area contributed by atoms with Crippen molar-refractivity contribution in [3.05, 3.63) is 0 Å². The van der Waals surface area contributed by atoms with Crippen molar-refractivity contribution in [2.24, 2.45) is 23.2 Å². The molecule has 0 radical (unpaired) electrons. The molecule has 2 atom stereocenters. The van der Waals surface area contributed by atoms with E-state index >= 15 is 0 Å². The van der Waals surface area contributed by atoms with Gasteiger partial charge < -0.3 is 5.32 Å². The summed E-state index contributed by atoms with van der Waals surface area (Å²) >= 11 is 3.53. The monoisotopic (exact) mass is 271 g/mol. The van der Waals surface area contributed by atoms with Crippen LogP contribution >= 0.6 is 15.9 Å². The van der Waals surface area contributed by atoms with Crippen molar-refractivity contribution in [1.29, 1.82) is 0 Å². The lowest BCUT2D eigenvalue weighted by molar-refractivity contribution is -0.125. The van der Waals surface area contributed by atoms with Crippen LogP contribution in [0.2, 0.25) is 0 Å². The number of alkyl halides is 1. The van der Waals surface area contributed by atoms with Crippen molar-refractivity contribution in [2.45, 2.75) is 32.1 Å². The third kappa shape index (κ3) is 1.95. The summed E-state index contributed by atoms with van der Waals surface area (Å²) in [6.45, 7) is 0.892. The Hall–Kier alpha value is -0.0500. The first-order chi connectivity index (χ1) is 7.22. The third-order valence-electron chi connectivity index (χ3n) is 4.49. The second-order valence-corrected chi connectivity index (χ2v) is 6.34. The van der Waals surface area contributed by atoms with Gasteiger partial charge in [-0.1, -0.05) is 15.9 Å².